The molecule has 0 aromatic carbocycles. The minimum absolute atomic E-state index is 0.295. The summed E-state index contributed by atoms with van der Waals surface area (Å²) in [6, 6.07) is 0. The number of allylic oxidation sites excluding steroid dienone is 1. The predicted molar refractivity (Wildman–Crippen MR) is 120 cm³/mol. The molecular formula is C25H38N4O2. The van der Waals surface area contributed by atoms with Crippen molar-refractivity contribution >= 4 is 5.71 Å². The van der Waals surface area contributed by atoms with Crippen LogP contribution < -0.4 is 5.73 Å². The summed E-state index contributed by atoms with van der Waals surface area (Å²) in [4.78, 5) is 9.85. The van der Waals surface area contributed by atoms with Crippen molar-refractivity contribution < 1.29 is 9.36 Å². The summed E-state index contributed by atoms with van der Waals surface area (Å²) in [5, 5.41) is 8.33. The second-order valence-electron chi connectivity index (χ2n) is 11.0. The third-order valence-electron chi connectivity index (χ3n) is 9.75. The maximum atomic E-state index is 5.64. The molecular weight excluding hydrogens is 388 g/mol. The molecule has 1 aromatic rings. The van der Waals surface area contributed by atoms with Gasteiger partial charge in [0.25, 0.3) is 0 Å². The van der Waals surface area contributed by atoms with Gasteiger partial charge in [0, 0.05) is 0 Å². The maximum Gasteiger partial charge on any atom is 0.230 e. The zero-order chi connectivity index (χ0) is 21.6. The van der Waals surface area contributed by atoms with E-state index in [2.05, 4.69) is 35.7 Å². The fourth-order valence-electron chi connectivity index (χ4n) is 7.79. The standard InChI is InChI=1S/C25H38N4O2/c1-16-4-7-20-19-6-5-17-14-18(28-30-13-10-23-27-22(15-26)29-31-23)8-11-25(17,3)21(19)9-12-24(16,20)2/h17,19-21H,1,4-15,26H2,2-3H3/t17?,19?,20?,21?,24-,25+/m1/s1. The summed E-state index contributed by atoms with van der Waals surface area (Å²) in [6.45, 7) is 10.3. The Labute approximate surface area is 186 Å². The first-order valence-electron chi connectivity index (χ1n) is 12.3. The topological polar surface area (TPSA) is 86.5 Å². The highest BCUT2D eigenvalue weighted by molar-refractivity contribution is 5.85. The summed E-state index contributed by atoms with van der Waals surface area (Å²) in [5.41, 5.74) is 9.18. The molecule has 0 amide bonds. The molecule has 0 aliphatic heterocycles. The van der Waals surface area contributed by atoms with Gasteiger partial charge in [0.05, 0.1) is 18.7 Å². The van der Waals surface area contributed by atoms with E-state index >= 15 is 0 Å². The summed E-state index contributed by atoms with van der Waals surface area (Å²) in [7, 11) is 0. The highest BCUT2D eigenvalue weighted by Gasteiger charge is 2.58. The van der Waals surface area contributed by atoms with E-state index in [1.54, 1.807) is 5.57 Å². The average molecular weight is 427 g/mol. The summed E-state index contributed by atoms with van der Waals surface area (Å²) >= 11 is 0. The van der Waals surface area contributed by atoms with Crippen molar-refractivity contribution in [2.75, 3.05) is 6.61 Å². The number of fused-ring (bicyclic) bond motifs is 5. The van der Waals surface area contributed by atoms with Crippen LogP contribution in [0.3, 0.4) is 0 Å². The molecule has 6 atom stereocenters. The van der Waals surface area contributed by atoms with E-state index in [0.717, 1.165) is 36.5 Å². The molecule has 0 saturated heterocycles. The van der Waals surface area contributed by atoms with Crippen molar-refractivity contribution in [3.63, 3.8) is 0 Å². The lowest BCUT2D eigenvalue weighted by Crippen LogP contribution is -2.52. The van der Waals surface area contributed by atoms with Gasteiger partial charge in [0.1, 0.15) is 6.61 Å². The number of aromatic nitrogens is 2. The van der Waals surface area contributed by atoms with Crippen molar-refractivity contribution in [2.45, 2.75) is 84.6 Å². The SMILES string of the molecule is C=C1CCC2C3CCC4CC(=NOCCc5nc(CN)no5)CC[C@]4(C)C3CC[C@]12C. The van der Waals surface area contributed by atoms with Crippen LogP contribution in [-0.2, 0) is 17.8 Å². The van der Waals surface area contributed by atoms with Gasteiger partial charge in [-0.05, 0) is 92.3 Å². The van der Waals surface area contributed by atoms with Crippen molar-refractivity contribution in [3.05, 3.63) is 23.9 Å². The number of nitrogens with zero attached hydrogens (tertiary/aromatic N) is 3. The number of hydrogen-bond donors (Lipinski definition) is 1. The molecule has 31 heavy (non-hydrogen) atoms. The number of rotatable bonds is 5. The smallest absolute Gasteiger partial charge is 0.230 e. The van der Waals surface area contributed by atoms with Crippen molar-refractivity contribution in [3.8, 4) is 0 Å². The minimum atomic E-state index is 0.295. The van der Waals surface area contributed by atoms with Gasteiger partial charge in [-0.2, -0.15) is 4.98 Å². The van der Waals surface area contributed by atoms with Gasteiger partial charge in [-0.25, -0.2) is 0 Å². The van der Waals surface area contributed by atoms with Crippen molar-refractivity contribution in [1.82, 2.24) is 10.1 Å². The van der Waals surface area contributed by atoms with Crippen molar-refractivity contribution in [1.29, 1.82) is 0 Å². The molecule has 2 N–H and O–H groups in total. The number of nitrogens with two attached hydrogens (primary N) is 1. The van der Waals surface area contributed by atoms with Crippen LogP contribution in [0.25, 0.3) is 0 Å². The fraction of sp³-hybridized carbons (Fsp3) is 0.800. The van der Waals surface area contributed by atoms with Gasteiger partial charge in [-0.1, -0.05) is 36.3 Å². The summed E-state index contributed by atoms with van der Waals surface area (Å²) < 4.78 is 5.15. The van der Waals surface area contributed by atoms with E-state index in [1.807, 2.05) is 0 Å². The molecule has 0 radical (unpaired) electrons. The molecule has 4 unspecified atom stereocenters. The largest absolute Gasteiger partial charge is 0.395 e. The van der Waals surface area contributed by atoms with Gasteiger partial charge in [0.15, 0.2) is 5.82 Å². The Kier molecular flexibility index (Phi) is 5.48. The zero-order valence-corrected chi connectivity index (χ0v) is 19.2. The van der Waals surface area contributed by atoms with Gasteiger partial charge in [-0.3, -0.25) is 0 Å². The number of oxime groups is 1. The lowest BCUT2D eigenvalue weighted by Gasteiger charge is -2.60. The molecule has 0 bridgehead atoms. The first kappa shape index (κ1) is 21.2. The predicted octanol–water partition coefficient (Wildman–Crippen LogP) is 5.04. The van der Waals surface area contributed by atoms with Crippen LogP contribution in [0.5, 0.6) is 0 Å². The molecule has 0 spiro atoms. The van der Waals surface area contributed by atoms with Crippen LogP contribution in [0.1, 0.15) is 83.3 Å². The molecule has 4 saturated carbocycles. The van der Waals surface area contributed by atoms with E-state index in [9.17, 15) is 0 Å². The highest BCUT2D eigenvalue weighted by atomic mass is 16.6. The molecule has 4 fully saturated rings. The normalized spacial score (nSPS) is 41.0. The van der Waals surface area contributed by atoms with E-state index in [4.69, 9.17) is 15.1 Å². The molecule has 6 nitrogen and oxygen atoms in total. The molecule has 1 aromatic heterocycles. The van der Waals surface area contributed by atoms with Gasteiger partial charge in [0.2, 0.25) is 5.89 Å². The first-order chi connectivity index (χ1) is 14.9. The Bertz CT molecular complexity index is 863. The Balaban J connectivity index is 1.19. The van der Waals surface area contributed by atoms with Gasteiger partial charge >= 0.3 is 0 Å². The second-order valence-corrected chi connectivity index (χ2v) is 11.0. The molecule has 6 heteroatoms. The monoisotopic (exact) mass is 426 g/mol. The average Bonchev–Trinajstić information content (AvgIpc) is 3.35. The lowest BCUT2D eigenvalue weighted by atomic mass is 9.45. The van der Waals surface area contributed by atoms with E-state index < -0.39 is 0 Å². The van der Waals surface area contributed by atoms with Crippen LogP contribution in [0.4, 0.5) is 0 Å². The molecule has 170 valence electrons. The molecule has 5 rings (SSSR count). The first-order valence-corrected chi connectivity index (χ1v) is 12.3. The van der Waals surface area contributed by atoms with Crippen LogP contribution in [-0.4, -0.2) is 22.5 Å². The van der Waals surface area contributed by atoms with E-state index in [1.165, 1.54) is 50.7 Å². The molecule has 1 heterocycles. The van der Waals surface area contributed by atoms with E-state index in [-0.39, 0.29) is 0 Å². The molecule has 4 aliphatic rings. The second kappa shape index (κ2) is 8.02. The summed E-state index contributed by atoms with van der Waals surface area (Å²) in [6.07, 6.45) is 12.1. The Morgan fingerprint density at radius 1 is 1.16 bits per heavy atom. The van der Waals surface area contributed by atoms with Crippen molar-refractivity contribution in [2.24, 2.45) is 45.4 Å². The third kappa shape index (κ3) is 3.55. The van der Waals surface area contributed by atoms with Crippen LogP contribution >= 0.6 is 0 Å². The lowest BCUT2D eigenvalue weighted by molar-refractivity contribution is -0.0859. The van der Waals surface area contributed by atoms with Crippen LogP contribution in [0.2, 0.25) is 0 Å². The van der Waals surface area contributed by atoms with E-state index in [0.29, 0.717) is 42.1 Å². The maximum absolute atomic E-state index is 5.64. The number of hydrogen-bond acceptors (Lipinski definition) is 6. The molecule has 4 aliphatic carbocycles. The van der Waals surface area contributed by atoms with Crippen LogP contribution in [0.15, 0.2) is 21.8 Å². The fourth-order valence-corrected chi connectivity index (χ4v) is 7.79. The third-order valence-corrected chi connectivity index (χ3v) is 9.75. The minimum Gasteiger partial charge on any atom is -0.395 e. The summed E-state index contributed by atoms with van der Waals surface area (Å²) in [5.74, 6) is 4.51. The Morgan fingerprint density at radius 3 is 2.84 bits per heavy atom. The Hall–Kier alpha value is -1.69. The quantitative estimate of drug-likeness (QED) is 0.405. The van der Waals surface area contributed by atoms with Gasteiger partial charge < -0.3 is 15.1 Å². The Morgan fingerprint density at radius 2 is 2.03 bits per heavy atom. The van der Waals surface area contributed by atoms with Gasteiger partial charge in [-0.15, -0.1) is 0 Å². The highest BCUT2D eigenvalue weighted by Crippen LogP contribution is 2.66. The van der Waals surface area contributed by atoms with Crippen LogP contribution in [0, 0.1) is 34.5 Å². The zero-order valence-electron chi connectivity index (χ0n) is 19.2.